The molecule has 0 heterocycles. The van der Waals surface area contributed by atoms with Gasteiger partial charge >= 0.3 is 0 Å². The van der Waals surface area contributed by atoms with Crippen molar-refractivity contribution in [3.05, 3.63) is 33.9 Å². The average Bonchev–Trinajstić information content (AvgIpc) is 2.38. The van der Waals surface area contributed by atoms with Crippen LogP contribution in [-0.2, 0) is 0 Å². The molecular formula is C13H21NO4. The molecule has 0 amide bonds. The summed E-state index contributed by atoms with van der Waals surface area (Å²) in [7, 11) is 1.00. The maximum Gasteiger partial charge on any atom is 0.275 e. The van der Waals surface area contributed by atoms with Crippen molar-refractivity contribution in [3.63, 3.8) is 0 Å². The minimum absolute atomic E-state index is 0.119. The highest BCUT2D eigenvalue weighted by atomic mass is 16.6. The summed E-state index contributed by atoms with van der Waals surface area (Å²) < 4.78 is 5.45. The van der Waals surface area contributed by atoms with Gasteiger partial charge in [-0.05, 0) is 25.5 Å². The summed E-state index contributed by atoms with van der Waals surface area (Å²) >= 11 is 0. The highest BCUT2D eigenvalue weighted by Crippen LogP contribution is 2.23. The van der Waals surface area contributed by atoms with Crippen LogP contribution in [0.15, 0.2) is 18.2 Å². The molecule has 1 N–H and O–H groups in total. The Morgan fingerprint density at radius 3 is 2.56 bits per heavy atom. The monoisotopic (exact) mass is 255 g/mol. The molecule has 0 saturated carbocycles. The van der Waals surface area contributed by atoms with Gasteiger partial charge in [0.1, 0.15) is 5.75 Å². The molecule has 5 nitrogen and oxygen atoms in total. The number of nitro groups is 1. The van der Waals surface area contributed by atoms with Gasteiger partial charge in [-0.15, -0.1) is 0 Å². The van der Waals surface area contributed by atoms with E-state index >= 15 is 0 Å². The van der Waals surface area contributed by atoms with Crippen LogP contribution >= 0.6 is 0 Å². The number of aliphatic hydroxyl groups excluding tert-OH is 1. The average molecular weight is 255 g/mol. The summed E-state index contributed by atoms with van der Waals surface area (Å²) in [6.07, 6.45) is 3.24. The minimum Gasteiger partial charge on any atom is -0.493 e. The predicted molar refractivity (Wildman–Crippen MR) is 71.0 cm³/mol. The smallest absolute Gasteiger partial charge is 0.275 e. The molecule has 18 heavy (non-hydrogen) atoms. The van der Waals surface area contributed by atoms with Crippen LogP contribution in [0.1, 0.15) is 31.7 Å². The number of nitro benzene ring substituents is 1. The Hall–Kier alpha value is -1.62. The van der Waals surface area contributed by atoms with Crippen molar-refractivity contribution < 1.29 is 14.8 Å². The molecule has 1 aromatic rings. The lowest BCUT2D eigenvalue weighted by molar-refractivity contribution is -0.385. The van der Waals surface area contributed by atoms with Crippen LogP contribution in [0.5, 0.6) is 5.75 Å². The molecule has 0 saturated heterocycles. The van der Waals surface area contributed by atoms with E-state index in [1.54, 1.807) is 19.1 Å². The van der Waals surface area contributed by atoms with E-state index in [0.29, 0.717) is 17.9 Å². The van der Waals surface area contributed by atoms with Crippen molar-refractivity contribution in [2.24, 2.45) is 0 Å². The first-order chi connectivity index (χ1) is 8.65. The van der Waals surface area contributed by atoms with Crippen molar-refractivity contribution in [2.45, 2.75) is 33.1 Å². The van der Waals surface area contributed by atoms with E-state index < -0.39 is 0 Å². The van der Waals surface area contributed by atoms with Gasteiger partial charge in [0, 0.05) is 12.7 Å². The third-order valence-electron chi connectivity index (χ3n) is 2.39. The van der Waals surface area contributed by atoms with Gasteiger partial charge < -0.3 is 9.84 Å². The Balaban J connectivity index is 0.00000137. The first-order valence-corrected chi connectivity index (χ1v) is 5.97. The lowest BCUT2D eigenvalue weighted by atomic mass is 10.2. The van der Waals surface area contributed by atoms with Crippen LogP contribution in [0.3, 0.4) is 0 Å². The van der Waals surface area contributed by atoms with Gasteiger partial charge in [-0.2, -0.15) is 0 Å². The SMILES string of the molecule is CCCCCOc1ccc(C)c([N+](=O)[O-])c1.CO. The Labute approximate surface area is 108 Å². The highest BCUT2D eigenvalue weighted by molar-refractivity contribution is 5.45. The summed E-state index contributed by atoms with van der Waals surface area (Å²) in [6.45, 7) is 4.46. The van der Waals surface area contributed by atoms with Gasteiger partial charge in [0.2, 0.25) is 0 Å². The lowest BCUT2D eigenvalue weighted by Gasteiger charge is -2.06. The second kappa shape index (κ2) is 9.41. The van der Waals surface area contributed by atoms with Crippen LogP contribution in [0.2, 0.25) is 0 Å². The second-order valence-electron chi connectivity index (χ2n) is 3.76. The van der Waals surface area contributed by atoms with Crippen LogP contribution < -0.4 is 4.74 Å². The molecule has 0 spiro atoms. The number of benzene rings is 1. The normalized spacial score (nSPS) is 9.33. The van der Waals surface area contributed by atoms with E-state index in [-0.39, 0.29) is 10.6 Å². The topological polar surface area (TPSA) is 72.6 Å². The number of unbranched alkanes of at least 4 members (excludes halogenated alkanes) is 2. The third-order valence-corrected chi connectivity index (χ3v) is 2.39. The van der Waals surface area contributed by atoms with E-state index in [4.69, 9.17) is 9.84 Å². The standard InChI is InChI=1S/C12H17NO3.CH4O/c1-3-4-5-8-16-11-7-6-10(2)12(9-11)13(14)15;1-2/h6-7,9H,3-5,8H2,1-2H3;2H,1H3. The summed E-state index contributed by atoms with van der Waals surface area (Å²) in [4.78, 5) is 10.3. The highest BCUT2D eigenvalue weighted by Gasteiger charge is 2.11. The van der Waals surface area contributed by atoms with Crippen LogP contribution in [0, 0.1) is 17.0 Å². The molecule has 0 aliphatic heterocycles. The van der Waals surface area contributed by atoms with E-state index in [9.17, 15) is 10.1 Å². The van der Waals surface area contributed by atoms with Crippen LogP contribution in [-0.4, -0.2) is 23.7 Å². The Kier molecular flexibility index (Phi) is 8.57. The van der Waals surface area contributed by atoms with Gasteiger partial charge in [0.15, 0.2) is 0 Å². The first-order valence-electron chi connectivity index (χ1n) is 5.97. The zero-order valence-corrected chi connectivity index (χ0v) is 11.2. The number of aryl methyl sites for hydroxylation is 1. The van der Waals surface area contributed by atoms with Crippen molar-refractivity contribution in [1.29, 1.82) is 0 Å². The molecule has 102 valence electrons. The second-order valence-corrected chi connectivity index (χ2v) is 3.76. The third kappa shape index (κ3) is 5.63. The number of hydrogen-bond acceptors (Lipinski definition) is 4. The van der Waals surface area contributed by atoms with Crippen LogP contribution in [0.4, 0.5) is 5.69 Å². The molecule has 1 rings (SSSR count). The fourth-order valence-corrected chi connectivity index (χ4v) is 1.42. The quantitative estimate of drug-likeness (QED) is 0.481. The van der Waals surface area contributed by atoms with Gasteiger partial charge in [-0.1, -0.05) is 19.8 Å². The fraction of sp³-hybridized carbons (Fsp3) is 0.538. The lowest BCUT2D eigenvalue weighted by Crippen LogP contribution is -1.98. The number of hydrogen-bond donors (Lipinski definition) is 1. The zero-order chi connectivity index (χ0) is 14.0. The van der Waals surface area contributed by atoms with Crippen LogP contribution in [0.25, 0.3) is 0 Å². The van der Waals surface area contributed by atoms with Crippen molar-refractivity contribution in [3.8, 4) is 5.75 Å². The van der Waals surface area contributed by atoms with Crippen molar-refractivity contribution >= 4 is 5.69 Å². The number of rotatable bonds is 6. The molecule has 0 unspecified atom stereocenters. The molecule has 0 fully saturated rings. The summed E-state index contributed by atoms with van der Waals surface area (Å²) in [5.41, 5.74) is 0.777. The summed E-state index contributed by atoms with van der Waals surface area (Å²) in [6, 6.07) is 4.98. The summed E-state index contributed by atoms with van der Waals surface area (Å²) in [5.74, 6) is 0.577. The predicted octanol–water partition coefficient (Wildman–Crippen LogP) is 3.08. The van der Waals surface area contributed by atoms with E-state index in [1.807, 2.05) is 0 Å². The summed E-state index contributed by atoms with van der Waals surface area (Å²) in [5, 5.41) is 17.7. The van der Waals surface area contributed by atoms with E-state index in [2.05, 4.69) is 6.92 Å². The number of aliphatic hydroxyl groups is 1. The minimum atomic E-state index is -0.381. The van der Waals surface area contributed by atoms with Crippen molar-refractivity contribution in [2.75, 3.05) is 13.7 Å². The zero-order valence-electron chi connectivity index (χ0n) is 11.2. The van der Waals surface area contributed by atoms with Gasteiger partial charge in [-0.25, -0.2) is 0 Å². The molecule has 5 heteroatoms. The number of ether oxygens (including phenoxy) is 1. The fourth-order valence-electron chi connectivity index (χ4n) is 1.42. The Morgan fingerprint density at radius 2 is 2.00 bits per heavy atom. The largest absolute Gasteiger partial charge is 0.493 e. The Morgan fingerprint density at radius 1 is 1.33 bits per heavy atom. The van der Waals surface area contributed by atoms with Crippen molar-refractivity contribution in [1.82, 2.24) is 0 Å². The first kappa shape index (κ1) is 16.4. The molecule has 0 aromatic heterocycles. The number of nitrogens with zero attached hydrogens (tertiary/aromatic N) is 1. The maximum atomic E-state index is 10.7. The van der Waals surface area contributed by atoms with Gasteiger partial charge in [0.25, 0.3) is 5.69 Å². The molecule has 0 radical (unpaired) electrons. The molecule has 0 atom stereocenters. The molecule has 0 bridgehead atoms. The molecule has 0 aliphatic rings. The van der Waals surface area contributed by atoms with Gasteiger partial charge in [-0.3, -0.25) is 10.1 Å². The molecule has 1 aromatic carbocycles. The molecule has 0 aliphatic carbocycles. The Bertz CT molecular complexity index is 366. The maximum absolute atomic E-state index is 10.7. The molecular weight excluding hydrogens is 234 g/mol. The van der Waals surface area contributed by atoms with E-state index in [0.717, 1.165) is 26.4 Å². The van der Waals surface area contributed by atoms with Gasteiger partial charge in [0.05, 0.1) is 17.6 Å². The van der Waals surface area contributed by atoms with E-state index in [1.165, 1.54) is 6.07 Å².